The van der Waals surface area contributed by atoms with Gasteiger partial charge in [0.05, 0.1) is 30.3 Å². The third kappa shape index (κ3) is 5.84. The molecule has 2 saturated heterocycles. The van der Waals surface area contributed by atoms with Crippen molar-refractivity contribution < 1.29 is 49.3 Å². The summed E-state index contributed by atoms with van der Waals surface area (Å²) in [6, 6.07) is -0.844. The standard InChI is InChI=1S/C18H33NO10/c1-7-10(19-9(20)6-18(3,4)25)12(22)15(26-5)17(28-7)29-14-11(21)8(2)27-16(24)13(14)23/h7-8,10-17,21-25H,6H2,1-5H3,(H,19,20)/t7?,8?,10-,11+,12+,13?,14+,15?,16-,17+/m1/s1. The topological polar surface area (TPSA) is 167 Å². The lowest BCUT2D eigenvalue weighted by atomic mass is 9.95. The molecule has 11 heteroatoms. The van der Waals surface area contributed by atoms with Crippen molar-refractivity contribution in [3.05, 3.63) is 0 Å². The number of aliphatic hydroxyl groups is 5. The number of amides is 1. The molecule has 0 aromatic carbocycles. The number of nitrogens with one attached hydrogen (secondary N) is 1. The van der Waals surface area contributed by atoms with Gasteiger partial charge < -0.3 is 49.8 Å². The zero-order chi connectivity index (χ0) is 22.1. The van der Waals surface area contributed by atoms with E-state index in [1.54, 1.807) is 6.92 Å². The van der Waals surface area contributed by atoms with Crippen LogP contribution in [0.5, 0.6) is 0 Å². The quantitative estimate of drug-likeness (QED) is 0.271. The highest BCUT2D eigenvalue weighted by molar-refractivity contribution is 5.77. The molecule has 11 nitrogen and oxygen atoms in total. The molecular formula is C18H33NO10. The Balaban J connectivity index is 2.10. The fraction of sp³-hybridized carbons (Fsp3) is 0.944. The van der Waals surface area contributed by atoms with Crippen LogP contribution in [-0.2, 0) is 23.7 Å². The lowest BCUT2D eigenvalue weighted by molar-refractivity contribution is -0.344. The van der Waals surface area contributed by atoms with Crippen molar-refractivity contribution in [3.63, 3.8) is 0 Å². The van der Waals surface area contributed by atoms with Crippen LogP contribution in [0.15, 0.2) is 0 Å². The van der Waals surface area contributed by atoms with Gasteiger partial charge >= 0.3 is 0 Å². The molecule has 170 valence electrons. The first-order valence-corrected chi connectivity index (χ1v) is 9.59. The first kappa shape index (κ1) is 24.4. The molecule has 0 aromatic rings. The maximum atomic E-state index is 12.2. The zero-order valence-corrected chi connectivity index (χ0v) is 17.3. The number of aliphatic hydroxyl groups excluding tert-OH is 4. The summed E-state index contributed by atoms with van der Waals surface area (Å²) in [5.41, 5.74) is -1.22. The summed E-state index contributed by atoms with van der Waals surface area (Å²) >= 11 is 0. The number of methoxy groups -OCH3 is 1. The predicted octanol–water partition coefficient (Wildman–Crippen LogP) is -2.40. The Morgan fingerprint density at radius 1 is 1.00 bits per heavy atom. The Morgan fingerprint density at radius 2 is 1.62 bits per heavy atom. The molecule has 0 bridgehead atoms. The van der Waals surface area contributed by atoms with Crippen LogP contribution in [0.3, 0.4) is 0 Å². The molecule has 10 atom stereocenters. The van der Waals surface area contributed by atoms with Crippen molar-refractivity contribution >= 4 is 5.91 Å². The fourth-order valence-corrected chi connectivity index (χ4v) is 3.54. The Labute approximate surface area is 169 Å². The highest BCUT2D eigenvalue weighted by Crippen LogP contribution is 2.29. The average molecular weight is 423 g/mol. The van der Waals surface area contributed by atoms with Crippen LogP contribution in [0.2, 0.25) is 0 Å². The van der Waals surface area contributed by atoms with Gasteiger partial charge in [-0.15, -0.1) is 0 Å². The number of hydrogen-bond donors (Lipinski definition) is 6. The Bertz CT molecular complexity index is 541. The summed E-state index contributed by atoms with van der Waals surface area (Å²) in [6.07, 6.45) is -10.8. The van der Waals surface area contributed by atoms with E-state index < -0.39 is 72.9 Å². The first-order valence-electron chi connectivity index (χ1n) is 9.59. The Morgan fingerprint density at radius 3 is 2.17 bits per heavy atom. The average Bonchev–Trinajstić information content (AvgIpc) is 2.59. The minimum atomic E-state index is -1.56. The third-order valence-electron chi connectivity index (χ3n) is 5.11. The fourth-order valence-electron chi connectivity index (χ4n) is 3.54. The summed E-state index contributed by atoms with van der Waals surface area (Å²) < 4.78 is 21.7. The van der Waals surface area contributed by atoms with Gasteiger partial charge in [-0.2, -0.15) is 0 Å². The molecular weight excluding hydrogens is 390 g/mol. The Kier molecular flexibility index (Phi) is 7.99. The van der Waals surface area contributed by atoms with E-state index >= 15 is 0 Å². The molecule has 2 rings (SSSR count). The van der Waals surface area contributed by atoms with Gasteiger partial charge in [-0.25, -0.2) is 0 Å². The molecule has 2 fully saturated rings. The monoisotopic (exact) mass is 423 g/mol. The van der Waals surface area contributed by atoms with E-state index in [2.05, 4.69) is 5.32 Å². The minimum absolute atomic E-state index is 0.170. The van der Waals surface area contributed by atoms with Crippen molar-refractivity contribution in [3.8, 4) is 0 Å². The number of rotatable bonds is 6. The second-order valence-electron chi connectivity index (χ2n) is 8.30. The molecule has 0 radical (unpaired) electrons. The van der Waals surface area contributed by atoms with Crippen LogP contribution in [-0.4, -0.2) is 106 Å². The van der Waals surface area contributed by atoms with Gasteiger partial charge in [0.25, 0.3) is 0 Å². The van der Waals surface area contributed by atoms with Crippen LogP contribution in [0.4, 0.5) is 0 Å². The van der Waals surface area contributed by atoms with Crippen LogP contribution < -0.4 is 5.32 Å². The van der Waals surface area contributed by atoms with Crippen LogP contribution in [0, 0.1) is 0 Å². The molecule has 6 N–H and O–H groups in total. The molecule has 29 heavy (non-hydrogen) atoms. The third-order valence-corrected chi connectivity index (χ3v) is 5.11. The largest absolute Gasteiger partial charge is 0.390 e. The molecule has 1 amide bonds. The second-order valence-corrected chi connectivity index (χ2v) is 8.30. The number of carbonyl (C=O) groups excluding carboxylic acids is 1. The molecule has 2 aliphatic rings. The van der Waals surface area contributed by atoms with Crippen molar-refractivity contribution in [1.82, 2.24) is 5.32 Å². The lowest BCUT2D eigenvalue weighted by Crippen LogP contribution is -2.66. The first-order chi connectivity index (χ1) is 13.4. The minimum Gasteiger partial charge on any atom is -0.390 e. The lowest BCUT2D eigenvalue weighted by Gasteiger charge is -2.46. The predicted molar refractivity (Wildman–Crippen MR) is 97.4 cm³/mol. The zero-order valence-electron chi connectivity index (χ0n) is 17.3. The van der Waals surface area contributed by atoms with E-state index in [4.69, 9.17) is 18.9 Å². The van der Waals surface area contributed by atoms with Crippen molar-refractivity contribution in [1.29, 1.82) is 0 Å². The van der Waals surface area contributed by atoms with Crippen LogP contribution in [0.1, 0.15) is 34.1 Å². The molecule has 0 aromatic heterocycles. The normalized spacial score (nSPS) is 43.8. The SMILES string of the molecule is COC1[C@H](O[C@@H]2C(O)[C@H](O)OC(C)[C@@H]2O)OC(C)[C@@H](NC(=O)CC(C)(C)O)[C@@H]1O. The highest BCUT2D eigenvalue weighted by atomic mass is 16.7. The molecule has 2 heterocycles. The summed E-state index contributed by atoms with van der Waals surface area (Å²) in [4.78, 5) is 12.2. The smallest absolute Gasteiger partial charge is 0.223 e. The molecule has 0 spiro atoms. The van der Waals surface area contributed by atoms with E-state index in [-0.39, 0.29) is 6.42 Å². The van der Waals surface area contributed by atoms with Gasteiger partial charge in [0.1, 0.15) is 30.5 Å². The van der Waals surface area contributed by atoms with Gasteiger partial charge in [-0.05, 0) is 27.7 Å². The number of ether oxygens (including phenoxy) is 4. The molecule has 4 unspecified atom stereocenters. The van der Waals surface area contributed by atoms with E-state index in [0.29, 0.717) is 0 Å². The van der Waals surface area contributed by atoms with E-state index in [1.165, 1.54) is 27.9 Å². The van der Waals surface area contributed by atoms with Gasteiger partial charge in [-0.1, -0.05) is 0 Å². The van der Waals surface area contributed by atoms with Crippen molar-refractivity contribution in [2.45, 2.75) is 101 Å². The summed E-state index contributed by atoms with van der Waals surface area (Å²) in [6.45, 7) is 6.10. The summed E-state index contributed by atoms with van der Waals surface area (Å²) in [5, 5.41) is 53.3. The van der Waals surface area contributed by atoms with E-state index in [0.717, 1.165) is 0 Å². The summed E-state index contributed by atoms with van der Waals surface area (Å²) in [7, 11) is 1.31. The van der Waals surface area contributed by atoms with Gasteiger partial charge in [0.2, 0.25) is 5.91 Å². The van der Waals surface area contributed by atoms with Gasteiger partial charge in [0.15, 0.2) is 12.6 Å². The van der Waals surface area contributed by atoms with Crippen molar-refractivity contribution in [2.24, 2.45) is 0 Å². The molecule has 2 aliphatic heterocycles. The van der Waals surface area contributed by atoms with Crippen LogP contribution >= 0.6 is 0 Å². The highest BCUT2D eigenvalue weighted by Gasteiger charge is 2.50. The van der Waals surface area contributed by atoms with Gasteiger partial charge in [0, 0.05) is 7.11 Å². The van der Waals surface area contributed by atoms with E-state index in [1.807, 2.05) is 0 Å². The Hall–Kier alpha value is -0.890. The van der Waals surface area contributed by atoms with Crippen LogP contribution in [0.25, 0.3) is 0 Å². The maximum Gasteiger partial charge on any atom is 0.223 e. The maximum absolute atomic E-state index is 12.2. The van der Waals surface area contributed by atoms with Gasteiger partial charge in [-0.3, -0.25) is 4.79 Å². The second kappa shape index (κ2) is 9.50. The van der Waals surface area contributed by atoms with Crippen molar-refractivity contribution in [2.75, 3.05) is 7.11 Å². The number of carbonyl (C=O) groups is 1. The molecule has 0 saturated carbocycles. The summed E-state index contributed by atoms with van der Waals surface area (Å²) in [5.74, 6) is -0.474. The molecule has 0 aliphatic carbocycles. The number of hydrogen-bond acceptors (Lipinski definition) is 10. The van der Waals surface area contributed by atoms with E-state index in [9.17, 15) is 30.3 Å².